The van der Waals surface area contributed by atoms with Gasteiger partial charge >= 0.3 is 0 Å². The lowest BCUT2D eigenvalue weighted by Crippen LogP contribution is -2.28. The van der Waals surface area contributed by atoms with E-state index in [0.717, 1.165) is 22.8 Å². The van der Waals surface area contributed by atoms with Crippen LogP contribution in [0.25, 0.3) is 11.3 Å². The van der Waals surface area contributed by atoms with Gasteiger partial charge in [0.15, 0.2) is 5.11 Å². The molecule has 150 valence electrons. The molecule has 5 nitrogen and oxygen atoms in total. The molecule has 0 saturated carbocycles. The molecular formula is C23H18FN3O2S. The van der Waals surface area contributed by atoms with Gasteiger partial charge in [-0.05, 0) is 72.9 Å². The maximum absolute atomic E-state index is 13.3. The molecule has 0 radical (unpaired) electrons. The first-order chi connectivity index (χ1) is 14.7. The number of hydrogen-bond acceptors (Lipinski definition) is 4. The van der Waals surface area contributed by atoms with Crippen LogP contribution in [0.15, 0.2) is 88.0 Å². The average Bonchev–Trinajstić information content (AvgIpc) is 3.51. The number of nitrogens with one attached hydrogen (secondary N) is 1. The highest BCUT2D eigenvalue weighted by atomic mass is 32.1. The van der Waals surface area contributed by atoms with Gasteiger partial charge in [0.25, 0.3) is 0 Å². The van der Waals surface area contributed by atoms with Crippen molar-refractivity contribution in [1.29, 1.82) is 0 Å². The molecule has 5 rings (SSSR count). The van der Waals surface area contributed by atoms with Crippen molar-refractivity contribution in [1.82, 2.24) is 15.2 Å². The van der Waals surface area contributed by atoms with Crippen LogP contribution >= 0.6 is 12.2 Å². The standard InChI is InChI=1S/C23H18FN3O2S/c24-16-8-6-15(7-9-16)19-10-11-20(29-19)22-21(18-5-1-2-12-25-18)26-23(30)27(22)14-17-4-3-13-28-17/h1-13,21-22H,14H2,(H,26,30)/t21-,22-/m1/s1. The second kappa shape index (κ2) is 7.76. The van der Waals surface area contributed by atoms with E-state index < -0.39 is 0 Å². The molecule has 0 spiro atoms. The van der Waals surface area contributed by atoms with Crippen LogP contribution in [0.5, 0.6) is 0 Å². The lowest BCUT2D eigenvalue weighted by atomic mass is 10.0. The first-order valence-electron chi connectivity index (χ1n) is 9.55. The first kappa shape index (κ1) is 18.6. The van der Waals surface area contributed by atoms with Gasteiger partial charge in [-0.3, -0.25) is 4.98 Å². The summed E-state index contributed by atoms with van der Waals surface area (Å²) in [6, 6.07) is 19.2. The third-order valence-corrected chi connectivity index (χ3v) is 5.50. The Bertz CT molecular complexity index is 1140. The van der Waals surface area contributed by atoms with Crippen molar-refractivity contribution in [2.45, 2.75) is 18.6 Å². The minimum atomic E-state index is -0.282. The second-order valence-corrected chi connectivity index (χ2v) is 7.43. The molecule has 1 aromatic carbocycles. The largest absolute Gasteiger partial charge is 0.467 e. The van der Waals surface area contributed by atoms with Gasteiger partial charge in [-0.15, -0.1) is 0 Å². The van der Waals surface area contributed by atoms with Crippen LogP contribution < -0.4 is 5.32 Å². The molecule has 30 heavy (non-hydrogen) atoms. The van der Waals surface area contributed by atoms with E-state index in [1.165, 1.54) is 12.1 Å². The highest BCUT2D eigenvalue weighted by Gasteiger charge is 2.42. The molecule has 1 saturated heterocycles. The van der Waals surface area contributed by atoms with E-state index in [2.05, 4.69) is 10.3 Å². The van der Waals surface area contributed by atoms with Gasteiger partial charge in [0, 0.05) is 11.8 Å². The van der Waals surface area contributed by atoms with Gasteiger partial charge in [0.2, 0.25) is 0 Å². The molecule has 3 aromatic heterocycles. The van der Waals surface area contributed by atoms with Gasteiger partial charge in [0.05, 0.1) is 24.5 Å². The van der Waals surface area contributed by atoms with E-state index >= 15 is 0 Å². The number of pyridine rings is 1. The molecule has 0 aliphatic carbocycles. The number of aromatic nitrogens is 1. The summed E-state index contributed by atoms with van der Waals surface area (Å²) in [7, 11) is 0. The Morgan fingerprint density at radius 2 is 1.90 bits per heavy atom. The van der Waals surface area contributed by atoms with Crippen LogP contribution in [-0.4, -0.2) is 15.0 Å². The summed E-state index contributed by atoms with van der Waals surface area (Å²) >= 11 is 5.64. The zero-order chi connectivity index (χ0) is 20.5. The monoisotopic (exact) mass is 419 g/mol. The fourth-order valence-corrected chi connectivity index (χ4v) is 4.04. The summed E-state index contributed by atoms with van der Waals surface area (Å²) in [5, 5.41) is 3.98. The van der Waals surface area contributed by atoms with Crippen molar-refractivity contribution in [3.8, 4) is 11.3 Å². The summed E-state index contributed by atoms with van der Waals surface area (Å²) in [5.74, 6) is 1.93. The number of halogens is 1. The van der Waals surface area contributed by atoms with Gasteiger partial charge < -0.3 is 19.1 Å². The Kier molecular flexibility index (Phi) is 4.80. The van der Waals surface area contributed by atoms with Crippen molar-refractivity contribution in [2.75, 3.05) is 0 Å². The number of nitrogens with zero attached hydrogens (tertiary/aromatic N) is 2. The average molecular weight is 419 g/mol. The predicted molar refractivity (Wildman–Crippen MR) is 114 cm³/mol. The van der Waals surface area contributed by atoms with Crippen LogP contribution in [0.2, 0.25) is 0 Å². The zero-order valence-corrected chi connectivity index (χ0v) is 16.7. The van der Waals surface area contributed by atoms with Crippen LogP contribution in [0.3, 0.4) is 0 Å². The lowest BCUT2D eigenvalue weighted by molar-refractivity contribution is 0.253. The predicted octanol–water partition coefficient (Wildman–Crippen LogP) is 5.25. The van der Waals surface area contributed by atoms with E-state index in [1.807, 2.05) is 47.4 Å². The van der Waals surface area contributed by atoms with Gasteiger partial charge in [-0.1, -0.05) is 6.07 Å². The highest BCUT2D eigenvalue weighted by molar-refractivity contribution is 7.80. The molecule has 0 amide bonds. The van der Waals surface area contributed by atoms with Crippen molar-refractivity contribution < 1.29 is 13.2 Å². The van der Waals surface area contributed by atoms with E-state index in [4.69, 9.17) is 21.1 Å². The van der Waals surface area contributed by atoms with Crippen molar-refractivity contribution >= 4 is 17.3 Å². The molecule has 0 unspecified atom stereocenters. The van der Waals surface area contributed by atoms with Crippen LogP contribution in [0, 0.1) is 5.82 Å². The molecule has 1 aliphatic rings. The van der Waals surface area contributed by atoms with Gasteiger partial charge in [-0.25, -0.2) is 4.39 Å². The van der Waals surface area contributed by atoms with Gasteiger partial charge in [-0.2, -0.15) is 0 Å². The summed E-state index contributed by atoms with van der Waals surface area (Å²) in [4.78, 5) is 6.56. The number of thiocarbonyl (C=S) groups is 1. The minimum Gasteiger partial charge on any atom is -0.467 e. The summed E-state index contributed by atoms with van der Waals surface area (Å²) < 4.78 is 25.1. The maximum atomic E-state index is 13.3. The van der Waals surface area contributed by atoms with E-state index in [0.29, 0.717) is 17.4 Å². The fourth-order valence-electron chi connectivity index (χ4n) is 3.74. The van der Waals surface area contributed by atoms with Gasteiger partial charge in [0.1, 0.15) is 29.1 Å². The van der Waals surface area contributed by atoms with Crippen molar-refractivity contribution in [2.24, 2.45) is 0 Å². The Morgan fingerprint density at radius 1 is 1.03 bits per heavy atom. The van der Waals surface area contributed by atoms with E-state index in [-0.39, 0.29) is 17.9 Å². The van der Waals surface area contributed by atoms with E-state index in [9.17, 15) is 4.39 Å². The number of furan rings is 2. The molecule has 1 fully saturated rings. The van der Waals surface area contributed by atoms with E-state index in [1.54, 1.807) is 24.6 Å². The summed E-state index contributed by atoms with van der Waals surface area (Å²) in [6.45, 7) is 0.499. The van der Waals surface area contributed by atoms with Crippen LogP contribution in [0.1, 0.15) is 29.3 Å². The highest BCUT2D eigenvalue weighted by Crippen LogP contribution is 2.41. The second-order valence-electron chi connectivity index (χ2n) is 7.04. The zero-order valence-electron chi connectivity index (χ0n) is 15.9. The third-order valence-electron chi connectivity index (χ3n) is 5.15. The molecule has 4 heterocycles. The SMILES string of the molecule is Fc1ccc(-c2ccc([C@@H]3[C@@H](c4ccccn4)NC(=S)N3Cc3ccco3)o2)cc1. The fraction of sp³-hybridized carbons (Fsp3) is 0.130. The van der Waals surface area contributed by atoms with Crippen LogP contribution in [-0.2, 0) is 6.54 Å². The molecule has 1 aliphatic heterocycles. The number of hydrogen-bond donors (Lipinski definition) is 1. The minimum absolute atomic E-state index is 0.180. The quantitative estimate of drug-likeness (QED) is 0.446. The molecular weight excluding hydrogens is 401 g/mol. The Labute approximate surface area is 178 Å². The smallest absolute Gasteiger partial charge is 0.170 e. The normalized spacial score (nSPS) is 18.6. The summed E-state index contributed by atoms with van der Waals surface area (Å²) in [6.07, 6.45) is 3.41. The van der Waals surface area contributed by atoms with Crippen molar-refractivity contribution in [3.05, 3.63) is 102 Å². The van der Waals surface area contributed by atoms with Crippen molar-refractivity contribution in [3.63, 3.8) is 0 Å². The number of benzene rings is 1. The van der Waals surface area contributed by atoms with Crippen LogP contribution in [0.4, 0.5) is 4.39 Å². The Balaban J connectivity index is 1.53. The summed E-state index contributed by atoms with van der Waals surface area (Å²) in [5.41, 5.74) is 1.68. The third kappa shape index (κ3) is 3.48. The lowest BCUT2D eigenvalue weighted by Gasteiger charge is -2.25. The molecule has 0 bridgehead atoms. The maximum Gasteiger partial charge on any atom is 0.170 e. The number of rotatable bonds is 5. The molecule has 1 N–H and O–H groups in total. The topological polar surface area (TPSA) is 54.4 Å². The Morgan fingerprint density at radius 3 is 2.63 bits per heavy atom. The molecule has 4 aromatic rings. The Hall–Kier alpha value is -3.45. The molecule has 2 atom stereocenters. The molecule has 7 heteroatoms. The first-order valence-corrected chi connectivity index (χ1v) is 9.96.